The molecule has 0 saturated heterocycles. The van der Waals surface area contributed by atoms with Crippen molar-refractivity contribution in [2.45, 2.75) is 53.1 Å². The minimum atomic E-state index is -0.766. The van der Waals surface area contributed by atoms with Crippen LogP contribution in [-0.2, 0) is 28.6 Å². The van der Waals surface area contributed by atoms with Gasteiger partial charge in [-0.05, 0) is 65.8 Å². The van der Waals surface area contributed by atoms with Gasteiger partial charge in [0.05, 0.1) is 30.3 Å². The van der Waals surface area contributed by atoms with E-state index in [1.807, 2.05) is 24.3 Å². The SMILES string of the molecule is Br.CCOC(=O)C1=C(C)NC(CNC)=C(C(=O)OCC)C1c1ccccc1C=CC(=O)OC(C)(C)C. The summed E-state index contributed by atoms with van der Waals surface area (Å²) in [6, 6.07) is 7.29. The number of halogens is 1. The number of carbonyl (C=O) groups is 3. The fourth-order valence-electron chi connectivity index (χ4n) is 3.87. The first-order chi connectivity index (χ1) is 16.5. The first-order valence-corrected chi connectivity index (χ1v) is 11.7. The molecular weight excluding hydrogens is 528 g/mol. The quantitative estimate of drug-likeness (QED) is 0.261. The van der Waals surface area contributed by atoms with E-state index >= 15 is 0 Å². The van der Waals surface area contributed by atoms with Crippen LogP contribution in [0, 0.1) is 0 Å². The van der Waals surface area contributed by atoms with E-state index in [1.54, 1.807) is 54.7 Å². The van der Waals surface area contributed by atoms with Gasteiger partial charge in [-0.25, -0.2) is 14.4 Å². The van der Waals surface area contributed by atoms with Gasteiger partial charge in [-0.1, -0.05) is 24.3 Å². The van der Waals surface area contributed by atoms with Crippen molar-refractivity contribution >= 4 is 41.0 Å². The molecule has 1 aliphatic heterocycles. The van der Waals surface area contributed by atoms with Crippen LogP contribution in [0.1, 0.15) is 58.6 Å². The van der Waals surface area contributed by atoms with E-state index in [9.17, 15) is 14.4 Å². The molecule has 0 radical (unpaired) electrons. The summed E-state index contributed by atoms with van der Waals surface area (Å²) in [4.78, 5) is 38.7. The highest BCUT2D eigenvalue weighted by atomic mass is 79.9. The maximum absolute atomic E-state index is 13.2. The molecule has 0 spiro atoms. The van der Waals surface area contributed by atoms with E-state index in [-0.39, 0.29) is 30.2 Å². The van der Waals surface area contributed by atoms with E-state index in [0.717, 1.165) is 0 Å². The summed E-state index contributed by atoms with van der Waals surface area (Å²) in [6.45, 7) is 11.3. The van der Waals surface area contributed by atoms with Crippen LogP contribution >= 0.6 is 17.0 Å². The number of esters is 3. The van der Waals surface area contributed by atoms with E-state index in [2.05, 4.69) is 10.6 Å². The van der Waals surface area contributed by atoms with Crippen molar-refractivity contribution in [2.75, 3.05) is 26.8 Å². The summed E-state index contributed by atoms with van der Waals surface area (Å²) in [5, 5.41) is 6.25. The Kier molecular flexibility index (Phi) is 12.1. The average molecular weight is 566 g/mol. The minimum Gasteiger partial charge on any atom is -0.463 e. The molecule has 36 heavy (non-hydrogen) atoms. The van der Waals surface area contributed by atoms with Crippen molar-refractivity contribution in [2.24, 2.45) is 0 Å². The lowest BCUT2D eigenvalue weighted by Crippen LogP contribution is -2.36. The molecule has 9 heteroatoms. The third kappa shape index (κ3) is 8.06. The molecule has 8 nitrogen and oxygen atoms in total. The number of benzene rings is 1. The molecule has 0 aromatic heterocycles. The van der Waals surface area contributed by atoms with Gasteiger partial charge in [0.1, 0.15) is 5.60 Å². The highest BCUT2D eigenvalue weighted by molar-refractivity contribution is 8.93. The topological polar surface area (TPSA) is 103 Å². The number of allylic oxidation sites excluding steroid dienone is 1. The third-order valence-electron chi connectivity index (χ3n) is 5.10. The molecule has 0 bridgehead atoms. The number of dihydropyridines is 1. The fourth-order valence-corrected chi connectivity index (χ4v) is 3.87. The van der Waals surface area contributed by atoms with Crippen molar-refractivity contribution in [3.8, 4) is 0 Å². The van der Waals surface area contributed by atoms with Crippen LogP contribution in [0.15, 0.2) is 52.9 Å². The van der Waals surface area contributed by atoms with Gasteiger partial charge in [-0.2, -0.15) is 0 Å². The molecular formula is C27H37BrN2O6. The normalized spacial score (nSPS) is 15.8. The number of carbonyl (C=O) groups excluding carboxylic acids is 3. The van der Waals surface area contributed by atoms with E-state index in [1.165, 1.54) is 6.08 Å². The molecule has 2 rings (SSSR count). The highest BCUT2D eigenvalue weighted by Gasteiger charge is 2.39. The number of hydrogen-bond acceptors (Lipinski definition) is 8. The second-order valence-electron chi connectivity index (χ2n) is 8.96. The molecule has 1 unspecified atom stereocenters. The molecule has 1 atom stereocenters. The van der Waals surface area contributed by atoms with E-state index < -0.39 is 29.4 Å². The van der Waals surface area contributed by atoms with Gasteiger partial charge >= 0.3 is 17.9 Å². The largest absolute Gasteiger partial charge is 0.463 e. The van der Waals surface area contributed by atoms with Gasteiger partial charge in [-0.15, -0.1) is 17.0 Å². The maximum atomic E-state index is 13.2. The van der Waals surface area contributed by atoms with Gasteiger partial charge in [0.25, 0.3) is 0 Å². The van der Waals surface area contributed by atoms with Crippen molar-refractivity contribution in [3.63, 3.8) is 0 Å². The third-order valence-corrected chi connectivity index (χ3v) is 5.10. The molecule has 1 heterocycles. The first-order valence-electron chi connectivity index (χ1n) is 11.7. The molecule has 0 fully saturated rings. The molecule has 198 valence electrons. The Bertz CT molecular complexity index is 1050. The van der Waals surface area contributed by atoms with Crippen LogP contribution in [0.3, 0.4) is 0 Å². The molecule has 1 aromatic rings. The predicted molar refractivity (Wildman–Crippen MR) is 144 cm³/mol. The number of nitrogens with one attached hydrogen (secondary N) is 2. The summed E-state index contributed by atoms with van der Waals surface area (Å²) in [6.07, 6.45) is 2.97. The highest BCUT2D eigenvalue weighted by Crippen LogP contribution is 2.41. The average Bonchev–Trinajstić information content (AvgIpc) is 2.76. The number of rotatable bonds is 9. The Morgan fingerprint density at radius 1 is 1.03 bits per heavy atom. The molecule has 2 N–H and O–H groups in total. The fraction of sp³-hybridized carbons (Fsp3) is 0.444. The number of hydrogen-bond donors (Lipinski definition) is 2. The van der Waals surface area contributed by atoms with Crippen LogP contribution in [0.4, 0.5) is 0 Å². The zero-order chi connectivity index (χ0) is 26.2. The Morgan fingerprint density at radius 2 is 1.61 bits per heavy atom. The van der Waals surface area contributed by atoms with Crippen molar-refractivity contribution in [1.29, 1.82) is 0 Å². The van der Waals surface area contributed by atoms with Crippen LogP contribution in [0.2, 0.25) is 0 Å². The van der Waals surface area contributed by atoms with Crippen molar-refractivity contribution in [3.05, 3.63) is 64.0 Å². The van der Waals surface area contributed by atoms with Gasteiger partial charge in [0.15, 0.2) is 0 Å². The van der Waals surface area contributed by atoms with Gasteiger partial charge in [0.2, 0.25) is 0 Å². The van der Waals surface area contributed by atoms with Crippen LogP contribution in [0.25, 0.3) is 6.08 Å². The van der Waals surface area contributed by atoms with Gasteiger partial charge < -0.3 is 24.8 Å². The van der Waals surface area contributed by atoms with Gasteiger partial charge in [0, 0.05) is 24.0 Å². The molecule has 0 saturated carbocycles. The predicted octanol–water partition coefficient (Wildman–Crippen LogP) is 4.18. The molecule has 1 aliphatic rings. The van der Waals surface area contributed by atoms with Crippen molar-refractivity contribution < 1.29 is 28.6 Å². The lowest BCUT2D eigenvalue weighted by Gasteiger charge is -2.32. The Morgan fingerprint density at radius 3 is 2.17 bits per heavy atom. The lowest BCUT2D eigenvalue weighted by atomic mass is 9.78. The minimum absolute atomic E-state index is 0. The second kappa shape index (κ2) is 14.0. The summed E-state index contributed by atoms with van der Waals surface area (Å²) in [5.74, 6) is -2.32. The second-order valence-corrected chi connectivity index (χ2v) is 8.96. The molecule has 0 aliphatic carbocycles. The summed E-state index contributed by atoms with van der Waals surface area (Å²) in [5.41, 5.74) is 2.50. The van der Waals surface area contributed by atoms with E-state index in [0.29, 0.717) is 40.2 Å². The van der Waals surface area contributed by atoms with Crippen LogP contribution in [-0.4, -0.2) is 50.3 Å². The standard InChI is InChI=1S/C27H36N2O6.BrH/c1-8-33-25(31)22-17(3)29-20(16-28-7)24(26(32)34-9-2)23(22)19-13-11-10-12-18(19)14-15-21(30)35-27(4,5)6;/h10-15,23,28-29H,8-9,16H2,1-7H3;1H. The summed E-state index contributed by atoms with van der Waals surface area (Å²) < 4.78 is 16.1. The Labute approximate surface area is 223 Å². The lowest BCUT2D eigenvalue weighted by molar-refractivity contribution is -0.148. The monoisotopic (exact) mass is 564 g/mol. The summed E-state index contributed by atoms with van der Waals surface area (Å²) >= 11 is 0. The molecule has 0 amide bonds. The van der Waals surface area contributed by atoms with Crippen molar-refractivity contribution in [1.82, 2.24) is 10.6 Å². The smallest absolute Gasteiger partial charge is 0.336 e. The number of ether oxygens (including phenoxy) is 3. The number of likely N-dealkylation sites (N-methyl/N-ethyl adjacent to an activating group) is 1. The Hall–Kier alpha value is -2.91. The first kappa shape index (κ1) is 31.1. The summed E-state index contributed by atoms with van der Waals surface area (Å²) in [7, 11) is 1.77. The Balaban J connectivity index is 0.00000648. The zero-order valence-electron chi connectivity index (χ0n) is 22.0. The van der Waals surface area contributed by atoms with E-state index in [4.69, 9.17) is 14.2 Å². The van der Waals surface area contributed by atoms with Crippen LogP contribution < -0.4 is 10.6 Å². The zero-order valence-corrected chi connectivity index (χ0v) is 23.7. The van der Waals surface area contributed by atoms with Crippen LogP contribution in [0.5, 0.6) is 0 Å². The van der Waals surface area contributed by atoms with Gasteiger partial charge in [-0.3, -0.25) is 0 Å². The maximum Gasteiger partial charge on any atom is 0.336 e. The molecule has 1 aromatic carbocycles.